The molecule has 0 bridgehead atoms. The van der Waals surface area contributed by atoms with Crippen molar-refractivity contribution < 1.29 is 23.1 Å². The van der Waals surface area contributed by atoms with Crippen LogP contribution in [0.4, 0.5) is 14.9 Å². The molecule has 2 heterocycles. The minimum atomic E-state index is -0.338. The fourth-order valence-electron chi connectivity index (χ4n) is 4.14. The smallest absolute Gasteiger partial charge is 0.322 e. The van der Waals surface area contributed by atoms with Crippen LogP contribution in [0.25, 0.3) is 0 Å². The molecule has 0 spiro atoms. The molecule has 2 aromatic carbocycles. The van der Waals surface area contributed by atoms with Crippen LogP contribution in [-0.4, -0.2) is 72.6 Å². The van der Waals surface area contributed by atoms with E-state index in [2.05, 4.69) is 10.2 Å². The fraction of sp³-hybridized carbons (Fsp3) is 0.357. The second kappa shape index (κ2) is 13.0. The van der Waals surface area contributed by atoms with Crippen molar-refractivity contribution in [1.29, 1.82) is 0 Å². The summed E-state index contributed by atoms with van der Waals surface area (Å²) in [4.78, 5) is 32.3. The summed E-state index contributed by atoms with van der Waals surface area (Å²) in [6, 6.07) is 16.8. The Balaban J connectivity index is 1.49. The van der Waals surface area contributed by atoms with Crippen LogP contribution >= 0.6 is 0 Å². The second-order valence-corrected chi connectivity index (χ2v) is 9.08. The molecule has 37 heavy (non-hydrogen) atoms. The van der Waals surface area contributed by atoms with Crippen LogP contribution in [0, 0.1) is 12.7 Å². The van der Waals surface area contributed by atoms with Gasteiger partial charge >= 0.3 is 6.03 Å². The van der Waals surface area contributed by atoms with Crippen LogP contribution in [0.2, 0.25) is 0 Å². The van der Waals surface area contributed by atoms with Crippen LogP contribution < -0.4 is 5.32 Å². The predicted octanol–water partition coefficient (Wildman–Crippen LogP) is 4.12. The number of anilines is 1. The maximum Gasteiger partial charge on any atom is 0.322 e. The molecule has 0 saturated carbocycles. The van der Waals surface area contributed by atoms with Gasteiger partial charge in [0.25, 0.3) is 0 Å². The van der Waals surface area contributed by atoms with Crippen LogP contribution in [0.5, 0.6) is 0 Å². The number of urea groups is 1. The number of carbonyl (C=O) groups excluding carboxylic acids is 2. The van der Waals surface area contributed by atoms with Gasteiger partial charge in [-0.2, -0.15) is 0 Å². The summed E-state index contributed by atoms with van der Waals surface area (Å²) in [7, 11) is 0. The van der Waals surface area contributed by atoms with Gasteiger partial charge in [-0.15, -0.1) is 0 Å². The van der Waals surface area contributed by atoms with Crippen LogP contribution in [0.15, 0.2) is 71.3 Å². The first-order valence-corrected chi connectivity index (χ1v) is 12.4. The highest BCUT2D eigenvalue weighted by Gasteiger charge is 2.24. The highest BCUT2D eigenvalue weighted by molar-refractivity contribution is 5.93. The lowest BCUT2D eigenvalue weighted by Crippen LogP contribution is -2.48. The van der Waals surface area contributed by atoms with Gasteiger partial charge in [-0.3, -0.25) is 9.69 Å². The lowest BCUT2D eigenvalue weighted by molar-refractivity contribution is -0.133. The molecule has 4 rings (SSSR count). The first kappa shape index (κ1) is 26.4. The second-order valence-electron chi connectivity index (χ2n) is 9.08. The molecule has 1 N–H and O–H groups in total. The Kier molecular flexibility index (Phi) is 9.29. The number of hydrogen-bond donors (Lipinski definition) is 1. The highest BCUT2D eigenvalue weighted by atomic mass is 19.1. The van der Waals surface area contributed by atoms with Crippen molar-refractivity contribution >= 4 is 17.6 Å². The molecule has 1 aliphatic rings. The number of para-hydroxylation sites is 1. The number of ether oxygens (including phenoxy) is 1. The SMILES string of the molecule is Cc1ccccc1NC(=O)N(CCN1CCOCC1)CC(=O)N(Cc1ccc(F)cc1)Cc1ccco1. The minimum absolute atomic E-state index is 0.107. The summed E-state index contributed by atoms with van der Waals surface area (Å²) in [6.07, 6.45) is 1.56. The van der Waals surface area contributed by atoms with E-state index in [0.717, 1.165) is 24.2 Å². The number of carbonyl (C=O) groups is 2. The molecular weight excluding hydrogens is 475 g/mol. The number of amides is 3. The Hall–Kier alpha value is -3.69. The van der Waals surface area contributed by atoms with Crippen LogP contribution in [-0.2, 0) is 22.6 Å². The number of nitrogens with zero attached hydrogens (tertiary/aromatic N) is 3. The van der Waals surface area contributed by atoms with Gasteiger partial charge in [0, 0.05) is 38.4 Å². The summed E-state index contributed by atoms with van der Waals surface area (Å²) in [5.74, 6) is 0.0529. The van der Waals surface area contributed by atoms with Crippen LogP contribution in [0.1, 0.15) is 16.9 Å². The van der Waals surface area contributed by atoms with E-state index < -0.39 is 0 Å². The molecule has 0 aliphatic carbocycles. The zero-order chi connectivity index (χ0) is 26.0. The van der Waals surface area contributed by atoms with E-state index >= 15 is 0 Å². The van der Waals surface area contributed by atoms with Gasteiger partial charge in [0.15, 0.2) is 0 Å². The molecule has 0 unspecified atom stereocenters. The first-order valence-electron chi connectivity index (χ1n) is 12.4. The molecule has 1 aliphatic heterocycles. The molecule has 1 saturated heterocycles. The first-order chi connectivity index (χ1) is 18.0. The Bertz CT molecular complexity index is 1150. The molecule has 9 heteroatoms. The van der Waals surface area contributed by atoms with E-state index in [1.807, 2.05) is 31.2 Å². The number of furan rings is 1. The van der Waals surface area contributed by atoms with E-state index in [1.54, 1.807) is 40.3 Å². The van der Waals surface area contributed by atoms with Gasteiger partial charge in [0.1, 0.15) is 18.1 Å². The van der Waals surface area contributed by atoms with Crippen molar-refractivity contribution in [3.8, 4) is 0 Å². The molecule has 1 aromatic heterocycles. The standard InChI is InChI=1S/C28H33FN4O4/c1-22-5-2-3-7-26(22)30-28(35)32(13-12-31-14-17-36-18-15-31)21-27(34)33(20-25-6-4-16-37-25)19-23-8-10-24(29)11-9-23/h2-11,16H,12-15,17-21H2,1H3,(H,30,35). The van der Waals surface area contributed by atoms with Crippen molar-refractivity contribution in [3.63, 3.8) is 0 Å². The number of aryl methyl sites for hydroxylation is 1. The summed E-state index contributed by atoms with van der Waals surface area (Å²) in [5.41, 5.74) is 2.42. The lowest BCUT2D eigenvalue weighted by atomic mass is 10.2. The molecular formula is C28H33FN4O4. The molecule has 1 fully saturated rings. The number of hydrogen-bond acceptors (Lipinski definition) is 5. The van der Waals surface area contributed by atoms with Gasteiger partial charge in [-0.25, -0.2) is 9.18 Å². The minimum Gasteiger partial charge on any atom is -0.467 e. The van der Waals surface area contributed by atoms with E-state index in [-0.39, 0.29) is 37.4 Å². The molecule has 0 radical (unpaired) electrons. The summed E-state index contributed by atoms with van der Waals surface area (Å²) < 4.78 is 24.3. The van der Waals surface area contributed by atoms with Gasteiger partial charge in [0.05, 0.1) is 26.0 Å². The van der Waals surface area contributed by atoms with E-state index in [9.17, 15) is 14.0 Å². The fourth-order valence-corrected chi connectivity index (χ4v) is 4.14. The lowest BCUT2D eigenvalue weighted by Gasteiger charge is -2.31. The Morgan fingerprint density at radius 1 is 0.973 bits per heavy atom. The zero-order valence-electron chi connectivity index (χ0n) is 21.1. The molecule has 8 nitrogen and oxygen atoms in total. The maximum atomic E-state index is 13.6. The van der Waals surface area contributed by atoms with Crippen molar-refractivity contribution in [2.45, 2.75) is 20.0 Å². The topological polar surface area (TPSA) is 78.3 Å². The number of morpholine rings is 1. The summed E-state index contributed by atoms with van der Waals surface area (Å²) in [6.45, 7) is 6.22. The van der Waals surface area contributed by atoms with Crippen molar-refractivity contribution in [3.05, 3.63) is 89.6 Å². The van der Waals surface area contributed by atoms with E-state index in [0.29, 0.717) is 37.8 Å². The van der Waals surface area contributed by atoms with Crippen molar-refractivity contribution in [2.75, 3.05) is 51.3 Å². The third-order valence-electron chi connectivity index (χ3n) is 6.36. The third-order valence-corrected chi connectivity index (χ3v) is 6.36. The maximum absolute atomic E-state index is 13.6. The summed E-state index contributed by atoms with van der Waals surface area (Å²) in [5, 5.41) is 2.96. The highest BCUT2D eigenvalue weighted by Crippen LogP contribution is 2.16. The zero-order valence-corrected chi connectivity index (χ0v) is 21.1. The average molecular weight is 509 g/mol. The molecule has 0 atom stereocenters. The monoisotopic (exact) mass is 508 g/mol. The molecule has 3 aromatic rings. The van der Waals surface area contributed by atoms with Gasteiger partial charge in [-0.05, 0) is 48.4 Å². The van der Waals surface area contributed by atoms with E-state index in [4.69, 9.17) is 9.15 Å². The number of halogens is 1. The predicted molar refractivity (Wildman–Crippen MR) is 138 cm³/mol. The van der Waals surface area contributed by atoms with Gasteiger partial charge in [-0.1, -0.05) is 30.3 Å². The Morgan fingerprint density at radius 3 is 2.43 bits per heavy atom. The Labute approximate surface area is 216 Å². The number of nitrogens with one attached hydrogen (secondary N) is 1. The normalized spacial score (nSPS) is 13.8. The van der Waals surface area contributed by atoms with Gasteiger partial charge < -0.3 is 24.3 Å². The summed E-state index contributed by atoms with van der Waals surface area (Å²) >= 11 is 0. The molecule has 196 valence electrons. The largest absolute Gasteiger partial charge is 0.467 e. The number of benzene rings is 2. The van der Waals surface area contributed by atoms with Gasteiger partial charge in [0.2, 0.25) is 5.91 Å². The van der Waals surface area contributed by atoms with Crippen LogP contribution in [0.3, 0.4) is 0 Å². The number of rotatable bonds is 10. The third kappa shape index (κ3) is 7.90. The quantitative estimate of drug-likeness (QED) is 0.446. The van der Waals surface area contributed by atoms with E-state index in [1.165, 1.54) is 12.1 Å². The van der Waals surface area contributed by atoms with Crippen molar-refractivity contribution in [2.24, 2.45) is 0 Å². The molecule has 3 amide bonds. The Morgan fingerprint density at radius 2 is 1.73 bits per heavy atom. The average Bonchev–Trinajstić information content (AvgIpc) is 3.42. The van der Waals surface area contributed by atoms with Crippen molar-refractivity contribution in [1.82, 2.24) is 14.7 Å².